The molecule has 0 spiro atoms. The first-order chi connectivity index (χ1) is 8.31. The Labute approximate surface area is 103 Å². The van der Waals surface area contributed by atoms with Gasteiger partial charge < -0.3 is 15.4 Å². The van der Waals surface area contributed by atoms with Crippen LogP contribution in [0.15, 0.2) is 0 Å². The molecule has 4 nitrogen and oxygen atoms in total. The number of amides is 1. The second-order valence-corrected chi connectivity index (χ2v) is 5.25. The first kappa shape index (κ1) is 12.7. The lowest BCUT2D eigenvalue weighted by atomic mass is 10.1. The summed E-state index contributed by atoms with van der Waals surface area (Å²) in [6.07, 6.45) is 7.88. The van der Waals surface area contributed by atoms with Crippen LogP contribution in [0.5, 0.6) is 0 Å². The third-order valence-corrected chi connectivity index (χ3v) is 4.01. The normalized spacial score (nSPS) is 30.1. The summed E-state index contributed by atoms with van der Waals surface area (Å²) in [6, 6.07) is 0. The summed E-state index contributed by atoms with van der Waals surface area (Å²) in [5, 5.41) is 0. The molecule has 0 aromatic heterocycles. The zero-order valence-electron chi connectivity index (χ0n) is 10.6. The number of hydrogen-bond acceptors (Lipinski definition) is 3. The van der Waals surface area contributed by atoms with Crippen LogP contribution in [0.3, 0.4) is 0 Å². The van der Waals surface area contributed by atoms with Crippen molar-refractivity contribution >= 4 is 6.09 Å². The van der Waals surface area contributed by atoms with E-state index in [-0.39, 0.29) is 12.2 Å². The van der Waals surface area contributed by atoms with Crippen molar-refractivity contribution in [3.8, 4) is 0 Å². The SMILES string of the molecule is NCC1CCCC1OC(=O)N1CCCCCC1. The Hall–Kier alpha value is -0.770. The van der Waals surface area contributed by atoms with Gasteiger partial charge in [0.15, 0.2) is 0 Å². The van der Waals surface area contributed by atoms with Crippen LogP contribution in [0.25, 0.3) is 0 Å². The van der Waals surface area contributed by atoms with Crippen LogP contribution in [0.2, 0.25) is 0 Å². The molecule has 4 heteroatoms. The van der Waals surface area contributed by atoms with Gasteiger partial charge in [-0.3, -0.25) is 0 Å². The number of hydrogen-bond donors (Lipinski definition) is 1. The van der Waals surface area contributed by atoms with E-state index >= 15 is 0 Å². The van der Waals surface area contributed by atoms with E-state index in [9.17, 15) is 4.79 Å². The van der Waals surface area contributed by atoms with E-state index < -0.39 is 0 Å². The fourth-order valence-electron chi connectivity index (χ4n) is 2.88. The van der Waals surface area contributed by atoms with E-state index in [1.807, 2.05) is 4.90 Å². The summed E-state index contributed by atoms with van der Waals surface area (Å²) >= 11 is 0. The summed E-state index contributed by atoms with van der Waals surface area (Å²) in [7, 11) is 0. The van der Waals surface area contributed by atoms with Gasteiger partial charge in [-0.05, 0) is 38.6 Å². The molecule has 2 fully saturated rings. The first-order valence-electron chi connectivity index (χ1n) is 6.97. The lowest BCUT2D eigenvalue weighted by molar-refractivity contribution is 0.0480. The molecule has 1 amide bonds. The van der Waals surface area contributed by atoms with Gasteiger partial charge in [0.25, 0.3) is 0 Å². The molecule has 0 aromatic carbocycles. The van der Waals surface area contributed by atoms with E-state index in [0.717, 1.165) is 45.2 Å². The van der Waals surface area contributed by atoms with E-state index in [1.54, 1.807) is 0 Å². The molecular formula is C13H24N2O2. The van der Waals surface area contributed by atoms with Gasteiger partial charge in [-0.2, -0.15) is 0 Å². The second kappa shape index (κ2) is 6.24. The number of nitrogens with zero attached hydrogens (tertiary/aromatic N) is 1. The third kappa shape index (κ3) is 3.35. The smallest absolute Gasteiger partial charge is 0.410 e. The Balaban J connectivity index is 1.82. The third-order valence-electron chi connectivity index (χ3n) is 4.01. The molecule has 2 rings (SSSR count). The summed E-state index contributed by atoms with van der Waals surface area (Å²) in [6.45, 7) is 2.36. The highest BCUT2D eigenvalue weighted by Gasteiger charge is 2.30. The van der Waals surface area contributed by atoms with Gasteiger partial charge in [0.2, 0.25) is 0 Å². The van der Waals surface area contributed by atoms with E-state index in [1.165, 1.54) is 12.8 Å². The minimum atomic E-state index is -0.114. The van der Waals surface area contributed by atoms with Gasteiger partial charge in [0.05, 0.1) is 0 Å². The molecule has 2 unspecified atom stereocenters. The van der Waals surface area contributed by atoms with E-state index in [0.29, 0.717) is 12.5 Å². The molecule has 0 bridgehead atoms. The average molecular weight is 240 g/mol. The number of carbonyl (C=O) groups is 1. The van der Waals surface area contributed by atoms with Crippen LogP contribution in [0.1, 0.15) is 44.9 Å². The largest absolute Gasteiger partial charge is 0.446 e. The molecule has 1 aliphatic heterocycles. The van der Waals surface area contributed by atoms with Crippen molar-refractivity contribution in [1.29, 1.82) is 0 Å². The standard InChI is InChI=1S/C13H24N2O2/c14-10-11-6-5-7-12(11)17-13(16)15-8-3-1-2-4-9-15/h11-12H,1-10,14H2. The molecule has 1 heterocycles. The van der Waals surface area contributed by atoms with Crippen molar-refractivity contribution in [2.24, 2.45) is 11.7 Å². The number of ether oxygens (including phenoxy) is 1. The Morgan fingerprint density at radius 2 is 1.82 bits per heavy atom. The first-order valence-corrected chi connectivity index (χ1v) is 6.97. The minimum Gasteiger partial charge on any atom is -0.446 e. The summed E-state index contributed by atoms with van der Waals surface area (Å²) < 4.78 is 5.62. The second-order valence-electron chi connectivity index (χ2n) is 5.25. The maximum Gasteiger partial charge on any atom is 0.410 e. The van der Waals surface area contributed by atoms with Crippen molar-refractivity contribution in [2.75, 3.05) is 19.6 Å². The van der Waals surface area contributed by atoms with Crippen LogP contribution in [0.4, 0.5) is 4.79 Å². The lowest BCUT2D eigenvalue weighted by Crippen LogP contribution is -2.37. The number of carbonyl (C=O) groups excluding carboxylic acids is 1. The number of likely N-dealkylation sites (tertiary alicyclic amines) is 1. The van der Waals surface area contributed by atoms with Crippen molar-refractivity contribution in [3.05, 3.63) is 0 Å². The van der Waals surface area contributed by atoms with Crippen LogP contribution < -0.4 is 5.73 Å². The van der Waals surface area contributed by atoms with Crippen molar-refractivity contribution < 1.29 is 9.53 Å². The zero-order valence-corrected chi connectivity index (χ0v) is 10.6. The molecule has 1 aliphatic carbocycles. The van der Waals surface area contributed by atoms with Crippen molar-refractivity contribution in [1.82, 2.24) is 4.90 Å². The monoisotopic (exact) mass is 240 g/mol. The Morgan fingerprint density at radius 1 is 1.12 bits per heavy atom. The molecule has 17 heavy (non-hydrogen) atoms. The van der Waals surface area contributed by atoms with Crippen LogP contribution in [-0.2, 0) is 4.74 Å². The topological polar surface area (TPSA) is 55.6 Å². The molecule has 2 N–H and O–H groups in total. The van der Waals surface area contributed by atoms with Crippen LogP contribution in [0, 0.1) is 5.92 Å². The highest BCUT2D eigenvalue weighted by molar-refractivity contribution is 5.67. The molecule has 2 atom stereocenters. The highest BCUT2D eigenvalue weighted by Crippen LogP contribution is 2.28. The van der Waals surface area contributed by atoms with Gasteiger partial charge in [0, 0.05) is 19.0 Å². The van der Waals surface area contributed by atoms with Gasteiger partial charge in [0.1, 0.15) is 6.10 Å². The minimum absolute atomic E-state index is 0.0655. The highest BCUT2D eigenvalue weighted by atomic mass is 16.6. The number of rotatable bonds is 2. The lowest BCUT2D eigenvalue weighted by Gasteiger charge is -2.24. The van der Waals surface area contributed by atoms with Gasteiger partial charge in [-0.1, -0.05) is 12.8 Å². The average Bonchev–Trinajstić information content (AvgIpc) is 2.62. The Morgan fingerprint density at radius 3 is 2.47 bits per heavy atom. The van der Waals surface area contributed by atoms with Crippen LogP contribution >= 0.6 is 0 Å². The fraction of sp³-hybridized carbons (Fsp3) is 0.923. The molecular weight excluding hydrogens is 216 g/mol. The maximum absolute atomic E-state index is 12.0. The zero-order chi connectivity index (χ0) is 12.1. The van der Waals surface area contributed by atoms with E-state index in [2.05, 4.69) is 0 Å². The summed E-state index contributed by atoms with van der Waals surface area (Å²) in [4.78, 5) is 13.9. The predicted molar refractivity (Wildman–Crippen MR) is 66.7 cm³/mol. The molecule has 0 radical (unpaired) electrons. The van der Waals surface area contributed by atoms with Crippen LogP contribution in [-0.4, -0.2) is 36.7 Å². The van der Waals surface area contributed by atoms with Gasteiger partial charge in [-0.25, -0.2) is 4.79 Å². The number of nitrogens with two attached hydrogens (primary N) is 1. The fourth-order valence-corrected chi connectivity index (χ4v) is 2.88. The Kier molecular flexibility index (Phi) is 4.66. The molecule has 0 aromatic rings. The maximum atomic E-state index is 12.0. The Bertz CT molecular complexity index is 250. The summed E-state index contributed by atoms with van der Waals surface area (Å²) in [5.41, 5.74) is 5.70. The van der Waals surface area contributed by atoms with Gasteiger partial charge >= 0.3 is 6.09 Å². The molecule has 98 valence electrons. The van der Waals surface area contributed by atoms with E-state index in [4.69, 9.17) is 10.5 Å². The summed E-state index contributed by atoms with van der Waals surface area (Å²) in [5.74, 6) is 0.380. The molecule has 1 saturated heterocycles. The predicted octanol–water partition coefficient (Wildman–Crippen LogP) is 2.13. The molecule has 1 saturated carbocycles. The molecule has 2 aliphatic rings. The van der Waals surface area contributed by atoms with Crippen molar-refractivity contribution in [2.45, 2.75) is 51.0 Å². The van der Waals surface area contributed by atoms with Crippen molar-refractivity contribution in [3.63, 3.8) is 0 Å². The quantitative estimate of drug-likeness (QED) is 0.804. The van der Waals surface area contributed by atoms with Gasteiger partial charge in [-0.15, -0.1) is 0 Å².